The molecular formula is C19H19N5O2. The number of carbonyl (C=O) groups is 1. The molecule has 0 aliphatic heterocycles. The van der Waals surface area contributed by atoms with Crippen molar-refractivity contribution in [1.29, 1.82) is 0 Å². The summed E-state index contributed by atoms with van der Waals surface area (Å²) < 4.78 is 5.08. The molecule has 3 aromatic rings. The van der Waals surface area contributed by atoms with Crippen LogP contribution in [0.25, 0.3) is 0 Å². The van der Waals surface area contributed by atoms with Crippen LogP contribution >= 0.6 is 0 Å². The van der Waals surface area contributed by atoms with E-state index in [1.165, 1.54) is 6.33 Å². The van der Waals surface area contributed by atoms with Gasteiger partial charge in [0.2, 0.25) is 0 Å². The fourth-order valence-electron chi connectivity index (χ4n) is 2.36. The molecule has 0 atom stereocenters. The van der Waals surface area contributed by atoms with Gasteiger partial charge in [-0.1, -0.05) is 30.3 Å². The number of ether oxygens (including phenoxy) is 1. The van der Waals surface area contributed by atoms with E-state index in [4.69, 9.17) is 10.5 Å². The van der Waals surface area contributed by atoms with Gasteiger partial charge < -0.3 is 21.1 Å². The minimum atomic E-state index is -0.411. The second-order valence-corrected chi connectivity index (χ2v) is 5.37. The highest BCUT2D eigenvalue weighted by atomic mass is 16.5. The van der Waals surface area contributed by atoms with E-state index in [0.717, 1.165) is 5.69 Å². The van der Waals surface area contributed by atoms with Crippen molar-refractivity contribution in [2.45, 2.75) is 6.92 Å². The fraction of sp³-hybridized carbons (Fsp3) is 0.105. The summed E-state index contributed by atoms with van der Waals surface area (Å²) in [5.41, 5.74) is 8.36. The van der Waals surface area contributed by atoms with E-state index in [2.05, 4.69) is 20.6 Å². The van der Waals surface area contributed by atoms with Crippen LogP contribution in [0, 0.1) is 0 Å². The highest BCUT2D eigenvalue weighted by Gasteiger charge is 2.15. The number of rotatable bonds is 6. The Bertz CT molecular complexity index is 899. The molecule has 0 radical (unpaired) electrons. The number of hydrogen-bond donors (Lipinski definition) is 3. The number of aromatic nitrogens is 2. The Morgan fingerprint density at radius 2 is 1.65 bits per heavy atom. The van der Waals surface area contributed by atoms with Crippen molar-refractivity contribution < 1.29 is 9.53 Å². The number of nitrogen functional groups attached to an aromatic ring is 1. The quantitative estimate of drug-likeness (QED) is 0.583. The van der Waals surface area contributed by atoms with Gasteiger partial charge in [-0.05, 0) is 31.2 Å². The zero-order valence-corrected chi connectivity index (χ0v) is 14.3. The lowest BCUT2D eigenvalue weighted by Gasteiger charge is -2.14. The zero-order chi connectivity index (χ0) is 18.4. The van der Waals surface area contributed by atoms with E-state index in [9.17, 15) is 4.79 Å². The lowest BCUT2D eigenvalue weighted by atomic mass is 10.2. The standard InChI is InChI=1S/C19H19N5O2/c1-2-26-19(25)14-10-6-7-11-15(14)24-18-16(20)17(21-12-22-18)23-13-8-4-3-5-9-13/h3-12H,2,20H2,1H3,(H2,21,22,23,24). The molecule has 7 nitrogen and oxygen atoms in total. The average Bonchev–Trinajstić information content (AvgIpc) is 2.66. The summed E-state index contributed by atoms with van der Waals surface area (Å²) in [6, 6.07) is 16.6. The molecule has 0 fully saturated rings. The van der Waals surface area contributed by atoms with E-state index in [1.807, 2.05) is 36.4 Å². The summed E-state index contributed by atoms with van der Waals surface area (Å²) >= 11 is 0. The van der Waals surface area contributed by atoms with Crippen molar-refractivity contribution in [3.8, 4) is 0 Å². The Morgan fingerprint density at radius 1 is 1.00 bits per heavy atom. The van der Waals surface area contributed by atoms with Crippen LogP contribution in [0.2, 0.25) is 0 Å². The van der Waals surface area contributed by atoms with Crippen LogP contribution in [0.15, 0.2) is 60.9 Å². The highest BCUT2D eigenvalue weighted by molar-refractivity contribution is 5.97. The maximum absolute atomic E-state index is 12.1. The molecule has 2 aromatic carbocycles. The number of anilines is 5. The lowest BCUT2D eigenvalue weighted by Crippen LogP contribution is -2.10. The summed E-state index contributed by atoms with van der Waals surface area (Å²) in [6.45, 7) is 2.06. The van der Waals surface area contributed by atoms with Gasteiger partial charge in [-0.25, -0.2) is 14.8 Å². The van der Waals surface area contributed by atoms with Crippen molar-refractivity contribution in [1.82, 2.24) is 9.97 Å². The van der Waals surface area contributed by atoms with E-state index in [-0.39, 0.29) is 0 Å². The van der Waals surface area contributed by atoms with Crippen molar-refractivity contribution in [3.05, 3.63) is 66.5 Å². The minimum Gasteiger partial charge on any atom is -0.462 e. The third-order valence-electron chi connectivity index (χ3n) is 3.60. The smallest absolute Gasteiger partial charge is 0.340 e. The van der Waals surface area contributed by atoms with Gasteiger partial charge in [0.1, 0.15) is 12.0 Å². The Balaban J connectivity index is 1.88. The summed E-state index contributed by atoms with van der Waals surface area (Å²) in [4.78, 5) is 20.5. The molecule has 4 N–H and O–H groups in total. The van der Waals surface area contributed by atoms with Gasteiger partial charge in [0.25, 0.3) is 0 Å². The Morgan fingerprint density at radius 3 is 2.38 bits per heavy atom. The first-order valence-electron chi connectivity index (χ1n) is 8.14. The van der Waals surface area contributed by atoms with E-state index >= 15 is 0 Å². The highest BCUT2D eigenvalue weighted by Crippen LogP contribution is 2.29. The van der Waals surface area contributed by atoms with Crippen LogP contribution in [0.1, 0.15) is 17.3 Å². The zero-order valence-electron chi connectivity index (χ0n) is 14.3. The molecule has 0 aliphatic rings. The number of carbonyl (C=O) groups excluding carboxylic acids is 1. The predicted octanol–water partition coefficient (Wildman–Crippen LogP) is 3.72. The Hall–Kier alpha value is -3.61. The number of nitrogens with zero attached hydrogens (tertiary/aromatic N) is 2. The molecule has 0 unspecified atom stereocenters. The molecule has 1 aromatic heterocycles. The number of benzene rings is 2. The van der Waals surface area contributed by atoms with Gasteiger partial charge in [0.15, 0.2) is 11.6 Å². The molecule has 0 amide bonds. The van der Waals surface area contributed by atoms with Crippen molar-refractivity contribution in [2.75, 3.05) is 23.0 Å². The summed E-state index contributed by atoms with van der Waals surface area (Å²) in [5.74, 6) is 0.461. The SMILES string of the molecule is CCOC(=O)c1ccccc1Nc1ncnc(Nc2ccccc2)c1N. The molecule has 1 heterocycles. The van der Waals surface area contributed by atoms with Crippen molar-refractivity contribution in [2.24, 2.45) is 0 Å². The van der Waals surface area contributed by atoms with Gasteiger partial charge in [0.05, 0.1) is 17.9 Å². The Kier molecular flexibility index (Phi) is 5.28. The first kappa shape index (κ1) is 17.2. The van der Waals surface area contributed by atoms with Crippen LogP contribution in [-0.4, -0.2) is 22.5 Å². The number of para-hydroxylation sites is 2. The van der Waals surface area contributed by atoms with Crippen molar-refractivity contribution in [3.63, 3.8) is 0 Å². The summed E-state index contributed by atoms with van der Waals surface area (Å²) in [6.07, 6.45) is 1.40. The second-order valence-electron chi connectivity index (χ2n) is 5.37. The number of nitrogens with one attached hydrogen (secondary N) is 2. The van der Waals surface area contributed by atoms with E-state index < -0.39 is 5.97 Å². The van der Waals surface area contributed by atoms with Gasteiger partial charge in [0, 0.05) is 5.69 Å². The molecule has 0 spiro atoms. The third kappa shape index (κ3) is 3.89. The molecule has 26 heavy (non-hydrogen) atoms. The number of nitrogens with two attached hydrogens (primary N) is 1. The predicted molar refractivity (Wildman–Crippen MR) is 102 cm³/mol. The van der Waals surface area contributed by atoms with E-state index in [1.54, 1.807) is 25.1 Å². The maximum Gasteiger partial charge on any atom is 0.340 e. The fourth-order valence-corrected chi connectivity index (χ4v) is 2.36. The van der Waals surface area contributed by atoms with Crippen LogP contribution in [0.5, 0.6) is 0 Å². The van der Waals surface area contributed by atoms with Gasteiger partial charge in [-0.3, -0.25) is 0 Å². The molecule has 0 aliphatic carbocycles. The largest absolute Gasteiger partial charge is 0.462 e. The molecule has 7 heteroatoms. The summed E-state index contributed by atoms with van der Waals surface area (Å²) in [5, 5.41) is 6.24. The minimum absolute atomic E-state index is 0.300. The molecular weight excluding hydrogens is 330 g/mol. The average molecular weight is 349 g/mol. The van der Waals surface area contributed by atoms with Crippen LogP contribution in [0.3, 0.4) is 0 Å². The molecule has 3 rings (SSSR count). The van der Waals surface area contributed by atoms with E-state index in [0.29, 0.717) is 35.2 Å². The van der Waals surface area contributed by atoms with Crippen LogP contribution < -0.4 is 16.4 Å². The molecule has 0 saturated carbocycles. The normalized spacial score (nSPS) is 10.2. The third-order valence-corrected chi connectivity index (χ3v) is 3.60. The lowest BCUT2D eigenvalue weighted by molar-refractivity contribution is 0.0527. The number of esters is 1. The molecule has 0 bridgehead atoms. The topological polar surface area (TPSA) is 102 Å². The van der Waals surface area contributed by atoms with Crippen molar-refractivity contribution >= 4 is 34.7 Å². The monoisotopic (exact) mass is 349 g/mol. The van der Waals surface area contributed by atoms with Crippen LogP contribution in [-0.2, 0) is 4.74 Å². The Labute approximate surface area is 151 Å². The molecule has 0 saturated heterocycles. The van der Waals surface area contributed by atoms with Gasteiger partial charge >= 0.3 is 5.97 Å². The van der Waals surface area contributed by atoms with Gasteiger partial charge in [-0.2, -0.15) is 0 Å². The maximum atomic E-state index is 12.1. The first-order valence-corrected chi connectivity index (χ1v) is 8.14. The van der Waals surface area contributed by atoms with Crippen LogP contribution in [0.4, 0.5) is 28.7 Å². The summed E-state index contributed by atoms with van der Waals surface area (Å²) in [7, 11) is 0. The van der Waals surface area contributed by atoms with Gasteiger partial charge in [-0.15, -0.1) is 0 Å². The number of hydrogen-bond acceptors (Lipinski definition) is 7. The molecule has 132 valence electrons. The second kappa shape index (κ2) is 7.98. The first-order chi connectivity index (χ1) is 12.7.